The molecule has 0 spiro atoms. The van der Waals surface area contributed by atoms with E-state index in [1.165, 1.54) is 0 Å². The number of carbonyl (C=O) groups is 3. The monoisotopic (exact) mass is 223 g/mol. The minimum atomic E-state index is -1.12. The molecule has 0 aromatic carbocycles. The molecule has 2 bridgehead atoms. The molecular formula is C11H13NO4. The maximum atomic E-state index is 12.0. The Morgan fingerprint density at radius 2 is 1.69 bits per heavy atom. The summed E-state index contributed by atoms with van der Waals surface area (Å²) < 4.78 is 0. The van der Waals surface area contributed by atoms with Gasteiger partial charge in [-0.05, 0) is 31.1 Å². The van der Waals surface area contributed by atoms with Gasteiger partial charge in [0.25, 0.3) is 0 Å². The molecule has 1 N–H and O–H groups in total. The summed E-state index contributed by atoms with van der Waals surface area (Å²) in [7, 11) is 0. The lowest BCUT2D eigenvalue weighted by molar-refractivity contribution is -0.149. The van der Waals surface area contributed by atoms with Crippen LogP contribution in [0.25, 0.3) is 0 Å². The van der Waals surface area contributed by atoms with Crippen molar-refractivity contribution in [2.45, 2.75) is 19.3 Å². The molecule has 0 radical (unpaired) electrons. The molecule has 2 saturated carbocycles. The molecule has 4 atom stereocenters. The van der Waals surface area contributed by atoms with E-state index in [0.29, 0.717) is 11.8 Å². The first-order valence-corrected chi connectivity index (χ1v) is 5.66. The van der Waals surface area contributed by atoms with Gasteiger partial charge in [-0.15, -0.1) is 0 Å². The zero-order chi connectivity index (χ0) is 11.4. The van der Waals surface area contributed by atoms with Crippen LogP contribution in [-0.2, 0) is 14.4 Å². The molecule has 0 unspecified atom stereocenters. The summed E-state index contributed by atoms with van der Waals surface area (Å²) in [4.78, 5) is 35.5. The van der Waals surface area contributed by atoms with Crippen LogP contribution in [0.5, 0.6) is 0 Å². The number of likely N-dealkylation sites (tertiary alicyclic amines) is 1. The number of fused-ring (bicyclic) bond motifs is 5. The number of carboxylic acids is 1. The van der Waals surface area contributed by atoms with Crippen LogP contribution in [0.3, 0.4) is 0 Å². The minimum Gasteiger partial charge on any atom is -0.480 e. The summed E-state index contributed by atoms with van der Waals surface area (Å²) in [6, 6.07) is 0. The van der Waals surface area contributed by atoms with Crippen LogP contribution in [0, 0.1) is 23.7 Å². The van der Waals surface area contributed by atoms with Gasteiger partial charge in [0.1, 0.15) is 6.54 Å². The zero-order valence-corrected chi connectivity index (χ0v) is 8.76. The quantitative estimate of drug-likeness (QED) is 0.674. The van der Waals surface area contributed by atoms with Crippen molar-refractivity contribution in [1.29, 1.82) is 0 Å². The van der Waals surface area contributed by atoms with Crippen LogP contribution >= 0.6 is 0 Å². The third-order valence-corrected chi connectivity index (χ3v) is 4.31. The number of rotatable bonds is 2. The third kappa shape index (κ3) is 1.08. The van der Waals surface area contributed by atoms with E-state index < -0.39 is 12.5 Å². The summed E-state index contributed by atoms with van der Waals surface area (Å²) in [5, 5.41) is 8.67. The highest BCUT2D eigenvalue weighted by Gasteiger charge is 2.60. The summed E-state index contributed by atoms with van der Waals surface area (Å²) in [5.41, 5.74) is 0. The Morgan fingerprint density at radius 3 is 2.12 bits per heavy atom. The average molecular weight is 223 g/mol. The van der Waals surface area contributed by atoms with Crippen molar-refractivity contribution < 1.29 is 19.5 Å². The normalized spacial score (nSPS) is 40.6. The van der Waals surface area contributed by atoms with Gasteiger partial charge >= 0.3 is 5.97 Å². The molecule has 2 amide bonds. The largest absolute Gasteiger partial charge is 0.480 e. The Balaban J connectivity index is 1.89. The molecule has 1 heterocycles. The van der Waals surface area contributed by atoms with Crippen molar-refractivity contribution in [3.8, 4) is 0 Å². The summed E-state index contributed by atoms with van der Waals surface area (Å²) in [5.74, 6) is -1.37. The van der Waals surface area contributed by atoms with Gasteiger partial charge in [0.15, 0.2) is 0 Å². The predicted octanol–water partition coefficient (Wildman–Crippen LogP) is 0.102. The first-order valence-electron chi connectivity index (χ1n) is 5.66. The number of imide groups is 1. The molecular weight excluding hydrogens is 210 g/mol. The zero-order valence-electron chi connectivity index (χ0n) is 8.76. The second-order valence-corrected chi connectivity index (χ2v) is 5.04. The number of carbonyl (C=O) groups excluding carboxylic acids is 2. The topological polar surface area (TPSA) is 74.7 Å². The Bertz CT molecular complexity index is 363. The lowest BCUT2D eigenvalue weighted by atomic mass is 9.81. The number of amides is 2. The van der Waals surface area contributed by atoms with Gasteiger partial charge < -0.3 is 5.11 Å². The van der Waals surface area contributed by atoms with E-state index in [2.05, 4.69) is 0 Å². The molecule has 3 aliphatic rings. The van der Waals surface area contributed by atoms with Gasteiger partial charge in [-0.1, -0.05) is 0 Å². The fourth-order valence-corrected chi connectivity index (χ4v) is 3.76. The molecule has 0 aromatic heterocycles. The Labute approximate surface area is 92.4 Å². The number of hydrogen-bond donors (Lipinski definition) is 1. The molecule has 1 aliphatic heterocycles. The average Bonchev–Trinajstić information content (AvgIpc) is 2.87. The van der Waals surface area contributed by atoms with Crippen LogP contribution in [0.4, 0.5) is 0 Å². The minimum absolute atomic E-state index is 0.203. The highest BCUT2D eigenvalue weighted by Crippen LogP contribution is 2.55. The van der Waals surface area contributed by atoms with Crippen molar-refractivity contribution in [2.75, 3.05) is 6.54 Å². The second-order valence-electron chi connectivity index (χ2n) is 5.04. The summed E-state index contributed by atoms with van der Waals surface area (Å²) >= 11 is 0. The standard InChI is InChI=1S/C11H13NO4/c13-7(14)4-12-10(15)8-5-1-2-6(3-5)9(8)11(12)16/h5-6,8-9H,1-4H2,(H,13,14)/t5-,6-,8+,9+/m0/s1. The molecule has 5 nitrogen and oxygen atoms in total. The molecule has 3 rings (SSSR count). The van der Waals surface area contributed by atoms with Crippen LogP contribution in [0.2, 0.25) is 0 Å². The Kier molecular flexibility index (Phi) is 1.87. The maximum Gasteiger partial charge on any atom is 0.323 e. The number of nitrogens with zero attached hydrogens (tertiary/aromatic N) is 1. The third-order valence-electron chi connectivity index (χ3n) is 4.31. The van der Waals surface area contributed by atoms with Gasteiger partial charge in [-0.2, -0.15) is 0 Å². The fourth-order valence-electron chi connectivity index (χ4n) is 3.76. The van der Waals surface area contributed by atoms with E-state index in [-0.39, 0.29) is 23.7 Å². The van der Waals surface area contributed by atoms with E-state index in [0.717, 1.165) is 24.2 Å². The lowest BCUT2D eigenvalue weighted by Crippen LogP contribution is -2.37. The Morgan fingerprint density at radius 1 is 1.19 bits per heavy atom. The van der Waals surface area contributed by atoms with Gasteiger partial charge in [-0.3, -0.25) is 19.3 Å². The number of aliphatic carboxylic acids is 1. The number of hydrogen-bond acceptors (Lipinski definition) is 3. The van der Waals surface area contributed by atoms with Crippen molar-refractivity contribution >= 4 is 17.8 Å². The van der Waals surface area contributed by atoms with Crippen LogP contribution in [0.1, 0.15) is 19.3 Å². The molecule has 1 saturated heterocycles. The highest BCUT2D eigenvalue weighted by molar-refractivity contribution is 6.07. The Hall–Kier alpha value is -1.39. The molecule has 0 aromatic rings. The summed E-state index contributed by atoms with van der Waals surface area (Å²) in [6.45, 7) is -0.468. The van der Waals surface area contributed by atoms with Gasteiger partial charge in [0, 0.05) is 0 Å². The fraction of sp³-hybridized carbons (Fsp3) is 0.727. The van der Waals surface area contributed by atoms with Crippen LogP contribution < -0.4 is 0 Å². The van der Waals surface area contributed by atoms with E-state index >= 15 is 0 Å². The first-order chi connectivity index (χ1) is 7.59. The molecule has 16 heavy (non-hydrogen) atoms. The van der Waals surface area contributed by atoms with Gasteiger partial charge in [-0.25, -0.2) is 0 Å². The molecule has 86 valence electrons. The van der Waals surface area contributed by atoms with Crippen molar-refractivity contribution in [1.82, 2.24) is 4.90 Å². The van der Waals surface area contributed by atoms with E-state index in [1.54, 1.807) is 0 Å². The van der Waals surface area contributed by atoms with Crippen LogP contribution in [-0.4, -0.2) is 34.3 Å². The number of carboxylic acid groups (broad SMARTS) is 1. The van der Waals surface area contributed by atoms with Crippen molar-refractivity contribution in [3.05, 3.63) is 0 Å². The van der Waals surface area contributed by atoms with Crippen LogP contribution in [0.15, 0.2) is 0 Å². The molecule has 3 fully saturated rings. The maximum absolute atomic E-state index is 12.0. The van der Waals surface area contributed by atoms with E-state index in [1.807, 2.05) is 0 Å². The SMILES string of the molecule is O=C(O)CN1C(=O)[C@@H]2[C@H]3CC[C@@H](C3)[C@H]2C1=O. The van der Waals surface area contributed by atoms with Gasteiger partial charge in [0.05, 0.1) is 11.8 Å². The van der Waals surface area contributed by atoms with Crippen molar-refractivity contribution in [2.24, 2.45) is 23.7 Å². The van der Waals surface area contributed by atoms with E-state index in [4.69, 9.17) is 5.11 Å². The van der Waals surface area contributed by atoms with Crippen molar-refractivity contribution in [3.63, 3.8) is 0 Å². The first kappa shape index (κ1) is 9.81. The lowest BCUT2D eigenvalue weighted by Gasteiger charge is -2.19. The predicted molar refractivity (Wildman–Crippen MR) is 52.2 cm³/mol. The smallest absolute Gasteiger partial charge is 0.323 e. The van der Waals surface area contributed by atoms with E-state index in [9.17, 15) is 14.4 Å². The second kappa shape index (κ2) is 3.06. The molecule has 2 aliphatic carbocycles. The summed E-state index contributed by atoms with van der Waals surface area (Å²) in [6.07, 6.45) is 3.02. The highest BCUT2D eigenvalue weighted by atomic mass is 16.4. The van der Waals surface area contributed by atoms with Gasteiger partial charge in [0.2, 0.25) is 11.8 Å². The molecule has 5 heteroatoms.